The Hall–Kier alpha value is -2.26. The van der Waals surface area contributed by atoms with Gasteiger partial charge in [0.15, 0.2) is 0 Å². The van der Waals surface area contributed by atoms with Crippen molar-refractivity contribution in [1.82, 2.24) is 4.98 Å². The summed E-state index contributed by atoms with van der Waals surface area (Å²) < 4.78 is 5.98. The molecule has 3 heteroatoms. The number of pyridine rings is 1. The molecule has 4 rings (SSSR count). The molecular weight excluding hydrogens is 266 g/mol. The van der Waals surface area contributed by atoms with Gasteiger partial charge < -0.3 is 4.74 Å². The zero-order valence-electron chi connectivity index (χ0n) is 10.6. The van der Waals surface area contributed by atoms with Gasteiger partial charge in [0.25, 0.3) is 0 Å². The molecule has 0 atom stereocenters. The third-order valence-electron chi connectivity index (χ3n) is 3.20. The van der Waals surface area contributed by atoms with Crippen LogP contribution in [0.25, 0.3) is 11.3 Å². The minimum atomic E-state index is 0.877. The Morgan fingerprint density at radius 2 is 1.60 bits per heavy atom. The Bertz CT molecular complexity index is 771. The third kappa shape index (κ3) is 1.87. The second-order valence-corrected chi connectivity index (χ2v) is 5.56. The Labute approximate surface area is 121 Å². The van der Waals surface area contributed by atoms with Crippen LogP contribution in [-0.4, -0.2) is 4.98 Å². The van der Waals surface area contributed by atoms with Crippen LogP contribution in [0.1, 0.15) is 0 Å². The van der Waals surface area contributed by atoms with Gasteiger partial charge in [-0.15, -0.1) is 0 Å². The van der Waals surface area contributed by atoms with Gasteiger partial charge in [-0.2, -0.15) is 0 Å². The molecule has 0 saturated carbocycles. The van der Waals surface area contributed by atoms with Crippen molar-refractivity contribution in [2.75, 3.05) is 0 Å². The Kier molecular flexibility index (Phi) is 2.71. The second-order valence-electron chi connectivity index (χ2n) is 4.50. The van der Waals surface area contributed by atoms with E-state index < -0.39 is 0 Å². The first-order valence-corrected chi connectivity index (χ1v) is 7.22. The molecule has 3 aromatic rings. The maximum absolute atomic E-state index is 5.98. The number of para-hydroxylation sites is 1. The molecule has 1 aliphatic rings. The van der Waals surface area contributed by atoms with E-state index in [9.17, 15) is 0 Å². The van der Waals surface area contributed by atoms with Crippen LogP contribution in [0.3, 0.4) is 0 Å². The Morgan fingerprint density at radius 3 is 2.50 bits per heavy atom. The smallest absolute Gasteiger partial charge is 0.145 e. The molecule has 0 saturated heterocycles. The fourth-order valence-electron chi connectivity index (χ4n) is 2.26. The number of hydrogen-bond donors (Lipinski definition) is 0. The summed E-state index contributed by atoms with van der Waals surface area (Å²) in [4.78, 5) is 6.75. The average Bonchev–Trinajstić information content (AvgIpc) is 2.53. The number of fused-ring (bicyclic) bond motifs is 2. The van der Waals surface area contributed by atoms with Crippen molar-refractivity contribution >= 4 is 11.8 Å². The molecule has 0 amide bonds. The molecular formula is C17H11NOS. The van der Waals surface area contributed by atoms with Gasteiger partial charge in [-0.3, -0.25) is 4.98 Å². The summed E-state index contributed by atoms with van der Waals surface area (Å²) in [5.74, 6) is 1.79. The van der Waals surface area contributed by atoms with E-state index in [0.29, 0.717) is 0 Å². The van der Waals surface area contributed by atoms with Crippen molar-refractivity contribution in [2.24, 2.45) is 0 Å². The number of rotatable bonds is 1. The topological polar surface area (TPSA) is 22.1 Å². The van der Waals surface area contributed by atoms with Crippen molar-refractivity contribution in [3.63, 3.8) is 0 Å². The summed E-state index contributed by atoms with van der Waals surface area (Å²) in [6, 6.07) is 20.2. The molecule has 0 unspecified atom stereocenters. The highest BCUT2D eigenvalue weighted by Gasteiger charge is 2.21. The van der Waals surface area contributed by atoms with Gasteiger partial charge in [0.2, 0.25) is 0 Å². The highest BCUT2D eigenvalue weighted by Crippen LogP contribution is 2.49. The Balaban J connectivity index is 1.87. The average molecular weight is 277 g/mol. The van der Waals surface area contributed by atoms with Gasteiger partial charge in [0, 0.05) is 17.8 Å². The van der Waals surface area contributed by atoms with Gasteiger partial charge >= 0.3 is 0 Å². The van der Waals surface area contributed by atoms with Crippen LogP contribution >= 0.6 is 11.8 Å². The number of hydrogen-bond acceptors (Lipinski definition) is 3. The molecule has 0 aliphatic carbocycles. The van der Waals surface area contributed by atoms with Crippen molar-refractivity contribution in [3.8, 4) is 22.8 Å². The molecule has 96 valence electrons. The second kappa shape index (κ2) is 4.69. The third-order valence-corrected chi connectivity index (χ3v) is 4.35. The van der Waals surface area contributed by atoms with Crippen LogP contribution < -0.4 is 4.74 Å². The predicted molar refractivity (Wildman–Crippen MR) is 80.3 cm³/mol. The quantitative estimate of drug-likeness (QED) is 0.488. The van der Waals surface area contributed by atoms with Crippen molar-refractivity contribution in [1.29, 1.82) is 0 Å². The molecule has 20 heavy (non-hydrogen) atoms. The SMILES string of the molecule is c1ccc(-c2nccc3c2Sc2ccccc2O3)cc1. The summed E-state index contributed by atoms with van der Waals surface area (Å²) in [6.07, 6.45) is 1.80. The van der Waals surface area contributed by atoms with E-state index in [0.717, 1.165) is 32.5 Å². The minimum absolute atomic E-state index is 0.877. The lowest BCUT2D eigenvalue weighted by Crippen LogP contribution is -1.98. The van der Waals surface area contributed by atoms with Crippen LogP contribution in [0.5, 0.6) is 11.5 Å². The van der Waals surface area contributed by atoms with Gasteiger partial charge in [0.05, 0.1) is 15.5 Å². The molecule has 1 aliphatic heterocycles. The van der Waals surface area contributed by atoms with Crippen molar-refractivity contribution in [2.45, 2.75) is 9.79 Å². The molecule has 0 radical (unpaired) electrons. The number of ether oxygens (including phenoxy) is 1. The van der Waals surface area contributed by atoms with E-state index in [1.807, 2.05) is 42.5 Å². The van der Waals surface area contributed by atoms with Gasteiger partial charge in [-0.25, -0.2) is 0 Å². The standard InChI is InChI=1S/C17H11NOS/c1-2-6-12(7-3-1)16-17-14(10-11-18-16)19-13-8-4-5-9-15(13)20-17/h1-11H. The number of aromatic nitrogens is 1. The molecule has 0 bridgehead atoms. The molecule has 2 aromatic carbocycles. The lowest BCUT2D eigenvalue weighted by Gasteiger charge is -2.21. The van der Waals surface area contributed by atoms with Crippen LogP contribution in [0.4, 0.5) is 0 Å². The molecule has 0 N–H and O–H groups in total. The van der Waals surface area contributed by atoms with E-state index in [1.165, 1.54) is 0 Å². The minimum Gasteiger partial charge on any atom is -0.455 e. The molecule has 1 aromatic heterocycles. The molecule has 0 fully saturated rings. The predicted octanol–water partition coefficient (Wildman–Crippen LogP) is 5.01. The largest absolute Gasteiger partial charge is 0.455 e. The molecule has 0 spiro atoms. The van der Waals surface area contributed by atoms with Crippen LogP contribution in [0.15, 0.2) is 76.7 Å². The lowest BCUT2D eigenvalue weighted by atomic mass is 10.1. The number of nitrogens with zero attached hydrogens (tertiary/aromatic N) is 1. The monoisotopic (exact) mass is 277 g/mol. The van der Waals surface area contributed by atoms with Crippen molar-refractivity contribution in [3.05, 3.63) is 66.9 Å². The zero-order chi connectivity index (χ0) is 13.4. The summed E-state index contributed by atoms with van der Waals surface area (Å²) in [5.41, 5.74) is 2.09. The fourth-order valence-corrected chi connectivity index (χ4v) is 3.31. The Morgan fingerprint density at radius 1 is 0.800 bits per heavy atom. The van der Waals surface area contributed by atoms with E-state index in [4.69, 9.17) is 4.74 Å². The molecule has 2 nitrogen and oxygen atoms in total. The number of benzene rings is 2. The molecule has 2 heterocycles. The maximum atomic E-state index is 5.98. The zero-order valence-corrected chi connectivity index (χ0v) is 11.4. The summed E-state index contributed by atoms with van der Waals surface area (Å²) in [6.45, 7) is 0. The van der Waals surface area contributed by atoms with E-state index in [1.54, 1.807) is 18.0 Å². The summed E-state index contributed by atoms with van der Waals surface area (Å²) in [5, 5.41) is 0. The fraction of sp³-hybridized carbons (Fsp3) is 0. The first-order valence-electron chi connectivity index (χ1n) is 6.41. The van der Waals surface area contributed by atoms with Gasteiger partial charge in [-0.1, -0.05) is 54.2 Å². The van der Waals surface area contributed by atoms with Crippen molar-refractivity contribution < 1.29 is 4.74 Å². The van der Waals surface area contributed by atoms with E-state index in [-0.39, 0.29) is 0 Å². The summed E-state index contributed by atoms with van der Waals surface area (Å²) >= 11 is 1.72. The van der Waals surface area contributed by atoms with Gasteiger partial charge in [0.1, 0.15) is 11.5 Å². The highest BCUT2D eigenvalue weighted by atomic mass is 32.2. The highest BCUT2D eigenvalue weighted by molar-refractivity contribution is 7.99. The van der Waals surface area contributed by atoms with Gasteiger partial charge in [-0.05, 0) is 12.1 Å². The first-order chi connectivity index (χ1) is 9.92. The normalized spacial score (nSPS) is 12.2. The van der Waals surface area contributed by atoms with Crippen LogP contribution in [0, 0.1) is 0 Å². The van der Waals surface area contributed by atoms with E-state index in [2.05, 4.69) is 23.2 Å². The maximum Gasteiger partial charge on any atom is 0.145 e. The lowest BCUT2D eigenvalue weighted by molar-refractivity contribution is 0.454. The van der Waals surface area contributed by atoms with E-state index >= 15 is 0 Å². The first kappa shape index (κ1) is 11.6. The van der Waals surface area contributed by atoms with Crippen LogP contribution in [0.2, 0.25) is 0 Å². The summed E-state index contributed by atoms with van der Waals surface area (Å²) in [7, 11) is 0. The van der Waals surface area contributed by atoms with Crippen LogP contribution in [-0.2, 0) is 0 Å².